The van der Waals surface area contributed by atoms with Gasteiger partial charge < -0.3 is 16.0 Å². The van der Waals surface area contributed by atoms with Gasteiger partial charge in [0.1, 0.15) is 0 Å². The zero-order chi connectivity index (χ0) is 13.7. The van der Waals surface area contributed by atoms with Gasteiger partial charge in [-0.05, 0) is 44.9 Å². The number of guanidine groups is 1. The molecule has 0 saturated carbocycles. The van der Waals surface area contributed by atoms with Crippen LogP contribution in [-0.4, -0.2) is 36.5 Å². The van der Waals surface area contributed by atoms with Gasteiger partial charge in [0.05, 0.1) is 0 Å². The Labute approximate surface area is 115 Å². The molecule has 19 heavy (non-hydrogen) atoms. The molecule has 1 aliphatic rings. The standard InChI is InChI=1S/C15H24N4/c1-12(2)19-9-8-13(11-19)10-17-15(16)18-14-6-4-3-5-7-14/h3-7,12-13H,8-11H2,1-2H3,(H3,16,17,18). The van der Waals surface area contributed by atoms with E-state index in [4.69, 9.17) is 5.73 Å². The molecule has 0 spiro atoms. The zero-order valence-electron chi connectivity index (χ0n) is 11.8. The minimum atomic E-state index is 0.509. The molecular weight excluding hydrogens is 236 g/mol. The van der Waals surface area contributed by atoms with Crippen molar-refractivity contribution in [3.8, 4) is 0 Å². The number of para-hydroxylation sites is 1. The number of likely N-dealkylation sites (tertiary alicyclic amines) is 1. The summed E-state index contributed by atoms with van der Waals surface area (Å²) in [6.07, 6.45) is 1.22. The summed E-state index contributed by atoms with van der Waals surface area (Å²) in [7, 11) is 0. The van der Waals surface area contributed by atoms with Crippen molar-refractivity contribution in [1.29, 1.82) is 0 Å². The number of benzene rings is 1. The molecule has 3 N–H and O–H groups in total. The summed E-state index contributed by atoms with van der Waals surface area (Å²) in [5.41, 5.74) is 6.89. The van der Waals surface area contributed by atoms with Gasteiger partial charge in [0.25, 0.3) is 0 Å². The van der Waals surface area contributed by atoms with E-state index in [1.165, 1.54) is 13.0 Å². The summed E-state index contributed by atoms with van der Waals surface area (Å²) in [6.45, 7) is 7.63. The van der Waals surface area contributed by atoms with E-state index in [-0.39, 0.29) is 0 Å². The monoisotopic (exact) mass is 260 g/mol. The average Bonchev–Trinajstić information content (AvgIpc) is 2.86. The third-order valence-electron chi connectivity index (χ3n) is 3.61. The fourth-order valence-electron chi connectivity index (χ4n) is 2.42. The Balaban J connectivity index is 1.79. The second kappa shape index (κ2) is 6.57. The predicted molar refractivity (Wildman–Crippen MR) is 81.4 cm³/mol. The Morgan fingerprint density at radius 2 is 2.16 bits per heavy atom. The van der Waals surface area contributed by atoms with Crippen molar-refractivity contribution >= 4 is 11.6 Å². The van der Waals surface area contributed by atoms with Crippen LogP contribution in [0.4, 0.5) is 5.69 Å². The van der Waals surface area contributed by atoms with Gasteiger partial charge in [-0.15, -0.1) is 0 Å². The molecule has 0 aliphatic carbocycles. The third-order valence-corrected chi connectivity index (χ3v) is 3.61. The topological polar surface area (TPSA) is 53.6 Å². The van der Waals surface area contributed by atoms with Crippen LogP contribution >= 0.6 is 0 Å². The minimum absolute atomic E-state index is 0.509. The van der Waals surface area contributed by atoms with E-state index in [0.29, 0.717) is 17.9 Å². The van der Waals surface area contributed by atoms with Crippen LogP contribution in [0.25, 0.3) is 0 Å². The van der Waals surface area contributed by atoms with Crippen LogP contribution in [0.15, 0.2) is 35.3 Å². The normalized spacial score (nSPS) is 21.0. The summed E-state index contributed by atoms with van der Waals surface area (Å²) in [4.78, 5) is 6.95. The largest absolute Gasteiger partial charge is 0.370 e. The Hall–Kier alpha value is -1.55. The molecule has 0 amide bonds. The van der Waals surface area contributed by atoms with Gasteiger partial charge in [0.15, 0.2) is 5.96 Å². The molecule has 0 radical (unpaired) electrons. The quantitative estimate of drug-likeness (QED) is 0.644. The van der Waals surface area contributed by atoms with Gasteiger partial charge in [0.2, 0.25) is 0 Å². The number of nitrogens with two attached hydrogens (primary N) is 1. The summed E-state index contributed by atoms with van der Waals surface area (Å²) in [5, 5.41) is 3.11. The number of nitrogens with zero attached hydrogens (tertiary/aromatic N) is 2. The van der Waals surface area contributed by atoms with Gasteiger partial charge in [-0.3, -0.25) is 4.99 Å². The molecule has 0 bridgehead atoms. The molecule has 104 valence electrons. The number of anilines is 1. The lowest BCUT2D eigenvalue weighted by Gasteiger charge is -2.19. The molecule has 4 nitrogen and oxygen atoms in total. The van der Waals surface area contributed by atoms with Crippen molar-refractivity contribution in [2.45, 2.75) is 26.3 Å². The highest BCUT2D eigenvalue weighted by Gasteiger charge is 2.23. The van der Waals surface area contributed by atoms with Gasteiger partial charge in [-0.2, -0.15) is 0 Å². The Morgan fingerprint density at radius 1 is 1.42 bits per heavy atom. The van der Waals surface area contributed by atoms with Crippen molar-refractivity contribution in [1.82, 2.24) is 4.90 Å². The van der Waals surface area contributed by atoms with Crippen molar-refractivity contribution in [3.63, 3.8) is 0 Å². The van der Waals surface area contributed by atoms with Gasteiger partial charge in [0, 0.05) is 24.8 Å². The fourth-order valence-corrected chi connectivity index (χ4v) is 2.42. The average molecular weight is 260 g/mol. The lowest BCUT2D eigenvalue weighted by molar-refractivity contribution is 0.266. The van der Waals surface area contributed by atoms with E-state index in [2.05, 4.69) is 29.1 Å². The molecule has 1 aromatic carbocycles. The summed E-state index contributed by atoms with van der Waals surface area (Å²) in [6, 6.07) is 10.5. The SMILES string of the molecule is CC(C)N1CCC(CN=C(N)Nc2ccccc2)C1. The smallest absolute Gasteiger partial charge is 0.193 e. The molecule has 1 heterocycles. The van der Waals surface area contributed by atoms with E-state index in [0.717, 1.165) is 18.8 Å². The third kappa shape index (κ3) is 4.24. The molecule has 4 heteroatoms. The van der Waals surface area contributed by atoms with Crippen molar-refractivity contribution < 1.29 is 0 Å². The number of aliphatic imine (C=N–C) groups is 1. The predicted octanol–water partition coefficient (Wildman–Crippen LogP) is 2.14. The van der Waals surface area contributed by atoms with Crippen LogP contribution in [-0.2, 0) is 0 Å². The summed E-state index contributed by atoms with van der Waals surface area (Å²) < 4.78 is 0. The Morgan fingerprint density at radius 3 is 2.79 bits per heavy atom. The van der Waals surface area contributed by atoms with Crippen molar-refractivity contribution in [2.24, 2.45) is 16.6 Å². The maximum absolute atomic E-state index is 5.90. The molecule has 1 aliphatic heterocycles. The highest BCUT2D eigenvalue weighted by Crippen LogP contribution is 2.18. The first kappa shape index (κ1) is 13.9. The second-order valence-corrected chi connectivity index (χ2v) is 5.46. The molecule has 2 rings (SSSR count). The number of nitrogens with one attached hydrogen (secondary N) is 1. The van der Waals surface area contributed by atoms with Crippen LogP contribution in [0.3, 0.4) is 0 Å². The number of hydrogen-bond donors (Lipinski definition) is 2. The van der Waals surface area contributed by atoms with Crippen LogP contribution in [0, 0.1) is 5.92 Å². The van der Waals surface area contributed by atoms with Gasteiger partial charge >= 0.3 is 0 Å². The highest BCUT2D eigenvalue weighted by atomic mass is 15.2. The van der Waals surface area contributed by atoms with Crippen LogP contribution in [0.2, 0.25) is 0 Å². The first-order chi connectivity index (χ1) is 9.15. The maximum atomic E-state index is 5.90. The van der Waals surface area contributed by atoms with Crippen molar-refractivity contribution in [2.75, 3.05) is 25.0 Å². The molecule has 1 fully saturated rings. The van der Waals surface area contributed by atoms with Gasteiger partial charge in [-0.25, -0.2) is 0 Å². The first-order valence-electron chi connectivity index (χ1n) is 7.01. The molecule has 0 aromatic heterocycles. The van der Waals surface area contributed by atoms with Crippen molar-refractivity contribution in [3.05, 3.63) is 30.3 Å². The summed E-state index contributed by atoms with van der Waals surface area (Å²) in [5.74, 6) is 1.15. The zero-order valence-corrected chi connectivity index (χ0v) is 11.8. The van der Waals surface area contributed by atoms with Crippen LogP contribution in [0.5, 0.6) is 0 Å². The number of hydrogen-bond acceptors (Lipinski definition) is 2. The van der Waals surface area contributed by atoms with E-state index in [9.17, 15) is 0 Å². The van der Waals surface area contributed by atoms with Crippen LogP contribution < -0.4 is 11.1 Å². The Bertz CT molecular complexity index is 413. The van der Waals surface area contributed by atoms with E-state index < -0.39 is 0 Å². The second-order valence-electron chi connectivity index (χ2n) is 5.46. The lowest BCUT2D eigenvalue weighted by atomic mass is 10.1. The fraction of sp³-hybridized carbons (Fsp3) is 0.533. The molecule has 1 atom stereocenters. The van der Waals surface area contributed by atoms with Gasteiger partial charge in [-0.1, -0.05) is 18.2 Å². The molecular formula is C15H24N4. The van der Waals surface area contributed by atoms with E-state index in [1.54, 1.807) is 0 Å². The lowest BCUT2D eigenvalue weighted by Crippen LogP contribution is -2.29. The van der Waals surface area contributed by atoms with E-state index >= 15 is 0 Å². The minimum Gasteiger partial charge on any atom is -0.370 e. The van der Waals surface area contributed by atoms with Crippen LogP contribution in [0.1, 0.15) is 20.3 Å². The Kier molecular flexibility index (Phi) is 4.80. The molecule has 1 saturated heterocycles. The molecule has 1 aromatic rings. The first-order valence-corrected chi connectivity index (χ1v) is 7.01. The maximum Gasteiger partial charge on any atom is 0.193 e. The van der Waals surface area contributed by atoms with E-state index in [1.807, 2.05) is 30.3 Å². The summed E-state index contributed by atoms with van der Waals surface area (Å²) >= 11 is 0. The highest BCUT2D eigenvalue weighted by molar-refractivity contribution is 5.92. The number of rotatable bonds is 4. The molecule has 1 unspecified atom stereocenters.